The van der Waals surface area contributed by atoms with Crippen LogP contribution in [0.4, 0.5) is 0 Å². The second-order valence-electron chi connectivity index (χ2n) is 0.513. The fraction of sp³-hybridized carbons (Fsp3) is 0. The van der Waals surface area contributed by atoms with Crippen LogP contribution in [0.3, 0.4) is 0 Å². The van der Waals surface area contributed by atoms with E-state index in [2.05, 4.69) is 0 Å². The topological polar surface area (TPSA) is 77.8 Å². The van der Waals surface area contributed by atoms with Crippen molar-refractivity contribution in [3.63, 3.8) is 0 Å². The van der Waals surface area contributed by atoms with Gasteiger partial charge in [-0.3, -0.25) is 0 Å². The third-order valence-electron chi connectivity index (χ3n) is 0. The quantitative estimate of drug-likeness (QED) is 0.319. The minimum absolute atomic E-state index is 0. The molecule has 0 saturated carbocycles. The molecule has 0 unspecified atom stereocenters. The van der Waals surface area contributed by atoms with Gasteiger partial charge in [0.15, 0.2) is 0 Å². The molecule has 47 valence electrons. The number of hydrogen-bond donors (Lipinski definition) is 3. The Balaban J connectivity index is -0.0000000800. The monoisotopic (exact) mass is 203 g/mol. The first-order chi connectivity index (χ1) is 2.00. The van der Waals surface area contributed by atoms with Crippen LogP contribution in [0.5, 0.6) is 0 Å². The van der Waals surface area contributed by atoms with E-state index in [-0.39, 0.29) is 54.8 Å². The molecule has 0 spiro atoms. The van der Waals surface area contributed by atoms with Crippen LogP contribution in [0.15, 0.2) is 0 Å². The van der Waals surface area contributed by atoms with E-state index >= 15 is 0 Å². The van der Waals surface area contributed by atoms with Crippen LogP contribution in [-0.2, 0) is 21.6 Å². The van der Waals surface area contributed by atoms with Crippen LogP contribution in [0, 0.1) is 0 Å². The summed E-state index contributed by atoms with van der Waals surface area (Å²) in [6.07, 6.45) is 0. The van der Waals surface area contributed by atoms with E-state index in [9.17, 15) is 0 Å². The SMILES string of the molecule is O=P(O)(O)O.[CaH2].[Cu]. The molecule has 0 aromatic heterocycles. The molecule has 0 aromatic rings. The minimum atomic E-state index is -4.64. The Morgan fingerprint density at radius 1 is 1.14 bits per heavy atom. The maximum Gasteiger partial charge on any atom is 0 e. The molecule has 0 saturated heterocycles. The Kier molecular flexibility index (Phi) is 13.7. The molecule has 3 N–H and O–H groups in total. The molecule has 0 amide bonds. The summed E-state index contributed by atoms with van der Waals surface area (Å²) in [5, 5.41) is 0. The van der Waals surface area contributed by atoms with Crippen molar-refractivity contribution in [2.75, 3.05) is 0 Å². The zero-order chi connectivity index (χ0) is 4.50. The van der Waals surface area contributed by atoms with E-state index in [4.69, 9.17) is 19.2 Å². The van der Waals surface area contributed by atoms with Gasteiger partial charge in [-0.2, -0.15) is 0 Å². The predicted molar refractivity (Wildman–Crippen MR) is 22.8 cm³/mol. The van der Waals surface area contributed by atoms with Crippen LogP contribution in [0.2, 0.25) is 0 Å². The van der Waals surface area contributed by atoms with E-state index in [1.54, 1.807) is 0 Å². The first kappa shape index (κ1) is 16.0. The fourth-order valence-corrected chi connectivity index (χ4v) is 0. The van der Waals surface area contributed by atoms with Crippen molar-refractivity contribution in [3.05, 3.63) is 0 Å². The molecule has 7 heavy (non-hydrogen) atoms. The molecule has 0 heterocycles. The Morgan fingerprint density at radius 3 is 1.14 bits per heavy atom. The molecular weight excluding hydrogens is 199 g/mol. The second kappa shape index (κ2) is 6.02. The third-order valence-corrected chi connectivity index (χ3v) is 0. The van der Waals surface area contributed by atoms with Crippen LogP contribution in [-0.4, -0.2) is 52.4 Å². The molecule has 4 nitrogen and oxygen atoms in total. The van der Waals surface area contributed by atoms with Crippen LogP contribution < -0.4 is 0 Å². The van der Waals surface area contributed by atoms with Gasteiger partial charge in [0.1, 0.15) is 0 Å². The van der Waals surface area contributed by atoms with E-state index in [0.717, 1.165) is 0 Å². The summed E-state index contributed by atoms with van der Waals surface area (Å²) >= 11 is 0. The van der Waals surface area contributed by atoms with Gasteiger partial charge in [-0.15, -0.1) is 0 Å². The molecule has 1 radical (unpaired) electrons. The molecule has 0 rings (SSSR count). The summed E-state index contributed by atoms with van der Waals surface area (Å²) in [5.74, 6) is 0. The summed E-state index contributed by atoms with van der Waals surface area (Å²) in [6, 6.07) is 0. The largest absolute Gasteiger partial charge is 0 e. The summed E-state index contributed by atoms with van der Waals surface area (Å²) in [4.78, 5) is 21.6. The van der Waals surface area contributed by atoms with Gasteiger partial charge in [0, 0.05) is 17.1 Å². The molecule has 0 bridgehead atoms. The van der Waals surface area contributed by atoms with Crippen molar-refractivity contribution < 1.29 is 36.3 Å². The Labute approximate surface area is 81.0 Å². The summed E-state index contributed by atoms with van der Waals surface area (Å²) < 4.78 is 8.88. The van der Waals surface area contributed by atoms with Crippen molar-refractivity contribution in [1.82, 2.24) is 0 Å². The average molecular weight is 204 g/mol. The van der Waals surface area contributed by atoms with Gasteiger partial charge in [0.25, 0.3) is 0 Å². The van der Waals surface area contributed by atoms with Gasteiger partial charge in [-0.25, -0.2) is 4.57 Å². The van der Waals surface area contributed by atoms with Gasteiger partial charge >= 0.3 is 45.6 Å². The average Bonchev–Trinajstić information content (AvgIpc) is 0.722. The smallest absolute Gasteiger partial charge is 0 e. The van der Waals surface area contributed by atoms with Crippen molar-refractivity contribution in [3.8, 4) is 0 Å². The minimum Gasteiger partial charge on any atom is 0 e. The van der Waals surface area contributed by atoms with E-state index in [1.165, 1.54) is 0 Å². The number of rotatable bonds is 0. The predicted octanol–water partition coefficient (Wildman–Crippen LogP) is -1.85. The van der Waals surface area contributed by atoms with Crippen LogP contribution in [0.25, 0.3) is 0 Å². The number of phosphoric acid groups is 1. The van der Waals surface area contributed by atoms with Gasteiger partial charge in [-0.1, -0.05) is 0 Å². The molecular formula is H5CaCuO4P. The van der Waals surface area contributed by atoms with Gasteiger partial charge in [0.2, 0.25) is 0 Å². The summed E-state index contributed by atoms with van der Waals surface area (Å²) in [7, 11) is -4.64. The number of hydrogen-bond acceptors (Lipinski definition) is 1. The summed E-state index contributed by atoms with van der Waals surface area (Å²) in [5.41, 5.74) is 0. The fourth-order valence-electron chi connectivity index (χ4n) is 0. The molecule has 0 aliphatic rings. The molecule has 0 fully saturated rings. The van der Waals surface area contributed by atoms with Crippen molar-refractivity contribution in [2.24, 2.45) is 0 Å². The van der Waals surface area contributed by atoms with Crippen molar-refractivity contribution >= 4 is 45.6 Å². The summed E-state index contributed by atoms with van der Waals surface area (Å²) in [6.45, 7) is 0. The Morgan fingerprint density at radius 2 is 1.14 bits per heavy atom. The normalized spacial score (nSPS) is 8.43. The first-order valence-corrected chi connectivity index (χ1v) is 2.35. The van der Waals surface area contributed by atoms with Gasteiger partial charge < -0.3 is 14.7 Å². The third kappa shape index (κ3) is 76.7. The van der Waals surface area contributed by atoms with E-state index in [1.807, 2.05) is 0 Å². The first-order valence-electron chi connectivity index (χ1n) is 0.783. The maximum atomic E-state index is 8.88. The van der Waals surface area contributed by atoms with Crippen LogP contribution in [0.1, 0.15) is 0 Å². The Bertz CT molecular complexity index is 57.8. The Hall–Kier alpha value is 1.89. The molecule has 0 aromatic carbocycles. The zero-order valence-corrected chi connectivity index (χ0v) is 4.33. The van der Waals surface area contributed by atoms with Gasteiger partial charge in [0.05, 0.1) is 0 Å². The molecule has 0 aliphatic heterocycles. The molecule has 0 atom stereocenters. The van der Waals surface area contributed by atoms with E-state index in [0.29, 0.717) is 0 Å². The standard InChI is InChI=1S/Ca.Cu.H3O4P.2H/c;;1-5(2,3)4;;/h;;(H3,1,2,3,4);;. The van der Waals surface area contributed by atoms with Gasteiger partial charge in [-0.05, 0) is 0 Å². The maximum absolute atomic E-state index is 8.88. The van der Waals surface area contributed by atoms with Crippen molar-refractivity contribution in [2.45, 2.75) is 0 Å². The van der Waals surface area contributed by atoms with Crippen LogP contribution >= 0.6 is 7.82 Å². The zero-order valence-electron chi connectivity index (χ0n) is 2.50. The second-order valence-corrected chi connectivity index (χ2v) is 1.54. The van der Waals surface area contributed by atoms with Crippen molar-refractivity contribution in [1.29, 1.82) is 0 Å². The molecule has 0 aliphatic carbocycles. The van der Waals surface area contributed by atoms with E-state index < -0.39 is 7.82 Å². The molecule has 7 heteroatoms.